The lowest BCUT2D eigenvalue weighted by Crippen LogP contribution is -2.31. The number of carbonyl (C=O) groups excluding carboxylic acids is 2. The average molecular weight is 651 g/mol. The summed E-state index contributed by atoms with van der Waals surface area (Å²) in [4.78, 5) is 26.1. The lowest BCUT2D eigenvalue weighted by atomic mass is 9.98. The van der Waals surface area contributed by atoms with E-state index in [9.17, 15) is 9.59 Å². The number of halogens is 1. The molecule has 0 aliphatic carbocycles. The molecule has 0 aliphatic rings. The maximum Gasteiger partial charge on any atom is 0.307 e. The van der Waals surface area contributed by atoms with Gasteiger partial charge in [-0.3, -0.25) is 9.59 Å². The second-order valence-corrected chi connectivity index (χ2v) is 11.2. The van der Waals surface area contributed by atoms with Gasteiger partial charge in [-0.15, -0.1) is 0 Å². The zero-order valence-corrected chi connectivity index (χ0v) is 26.0. The van der Waals surface area contributed by atoms with Gasteiger partial charge >= 0.3 is 5.97 Å². The predicted octanol–water partition coefficient (Wildman–Crippen LogP) is 8.83. The first kappa shape index (κ1) is 30.6. The van der Waals surface area contributed by atoms with E-state index in [2.05, 4.69) is 21.2 Å². The fraction of sp³-hybridized carbons (Fsp3) is 0.135. The van der Waals surface area contributed by atoms with E-state index in [1.165, 1.54) is 7.11 Å². The van der Waals surface area contributed by atoms with Crippen LogP contribution in [-0.4, -0.2) is 19.0 Å². The Morgan fingerprint density at radius 1 is 0.795 bits per heavy atom. The van der Waals surface area contributed by atoms with E-state index in [1.807, 2.05) is 116 Å². The zero-order valence-electron chi connectivity index (χ0n) is 24.5. The number of hydrogen-bond acceptors (Lipinski definition) is 5. The molecule has 0 saturated heterocycles. The van der Waals surface area contributed by atoms with Crippen LogP contribution in [0, 0.1) is 6.92 Å². The number of rotatable bonds is 11. The minimum absolute atomic E-state index is 0.0389. The second-order valence-electron chi connectivity index (χ2n) is 10.3. The molecule has 7 heteroatoms. The van der Waals surface area contributed by atoms with E-state index < -0.39 is 12.0 Å². The molecule has 0 spiro atoms. The van der Waals surface area contributed by atoms with Crippen molar-refractivity contribution < 1.29 is 23.8 Å². The summed E-state index contributed by atoms with van der Waals surface area (Å²) < 4.78 is 17.9. The van der Waals surface area contributed by atoms with Crippen LogP contribution in [0.3, 0.4) is 0 Å². The van der Waals surface area contributed by atoms with Crippen LogP contribution in [0.1, 0.15) is 39.5 Å². The number of ether oxygens (including phenoxy) is 3. The van der Waals surface area contributed by atoms with Gasteiger partial charge in [0.2, 0.25) is 0 Å². The first-order valence-electron chi connectivity index (χ1n) is 14.2. The molecule has 1 N–H and O–H groups in total. The molecule has 0 bridgehead atoms. The molecule has 1 amide bonds. The molecule has 5 rings (SSSR count). The minimum Gasteiger partial charge on any atom is -0.488 e. The van der Waals surface area contributed by atoms with Gasteiger partial charge in [-0.25, -0.2) is 0 Å². The molecule has 0 heterocycles. The number of nitrogens with one attached hydrogen (secondary N) is 1. The molecule has 6 nitrogen and oxygen atoms in total. The maximum absolute atomic E-state index is 13.7. The van der Waals surface area contributed by atoms with Crippen LogP contribution < -0.4 is 14.8 Å². The van der Waals surface area contributed by atoms with Crippen molar-refractivity contribution in [3.8, 4) is 28.4 Å². The van der Waals surface area contributed by atoms with Crippen molar-refractivity contribution in [3.63, 3.8) is 0 Å². The fourth-order valence-corrected chi connectivity index (χ4v) is 5.17. The molecule has 0 aliphatic heterocycles. The van der Waals surface area contributed by atoms with E-state index in [1.54, 1.807) is 12.1 Å². The van der Waals surface area contributed by atoms with Crippen molar-refractivity contribution in [2.75, 3.05) is 7.11 Å². The summed E-state index contributed by atoms with van der Waals surface area (Å²) in [7, 11) is 1.33. The van der Waals surface area contributed by atoms with Gasteiger partial charge in [-0.2, -0.15) is 0 Å². The highest BCUT2D eigenvalue weighted by Crippen LogP contribution is 2.34. The normalized spacial score (nSPS) is 11.3. The van der Waals surface area contributed by atoms with Crippen molar-refractivity contribution in [2.45, 2.75) is 26.0 Å². The highest BCUT2D eigenvalue weighted by molar-refractivity contribution is 9.10. The topological polar surface area (TPSA) is 73.9 Å². The number of benzene rings is 5. The summed E-state index contributed by atoms with van der Waals surface area (Å²) in [5.41, 5.74) is 5.09. The van der Waals surface area contributed by atoms with Gasteiger partial charge in [0, 0.05) is 10.0 Å². The van der Waals surface area contributed by atoms with Gasteiger partial charge in [-0.1, -0.05) is 106 Å². The molecule has 1 unspecified atom stereocenters. The molecule has 0 aromatic heterocycles. The first-order valence-corrected chi connectivity index (χ1v) is 15.0. The Hall–Kier alpha value is -4.88. The van der Waals surface area contributed by atoms with Crippen molar-refractivity contribution in [1.82, 2.24) is 5.32 Å². The Kier molecular flexibility index (Phi) is 10.1. The first-order chi connectivity index (χ1) is 21.4. The Bertz CT molecular complexity index is 1740. The summed E-state index contributed by atoms with van der Waals surface area (Å²) in [6.07, 6.45) is -0.0389. The van der Waals surface area contributed by atoms with Gasteiger partial charge in [0.15, 0.2) is 0 Å². The maximum atomic E-state index is 13.7. The summed E-state index contributed by atoms with van der Waals surface area (Å²) in [6.45, 7) is 2.33. The molecule has 44 heavy (non-hydrogen) atoms. The van der Waals surface area contributed by atoms with Gasteiger partial charge in [-0.05, 0) is 60.0 Å². The number of amides is 1. The van der Waals surface area contributed by atoms with Crippen LogP contribution in [-0.2, 0) is 16.1 Å². The summed E-state index contributed by atoms with van der Waals surface area (Å²) in [5.74, 6) is 1.09. The molecule has 1 atom stereocenters. The standard InChI is InChI=1S/C37H32BrNO5/c1-25-9-8-10-26(21-25)24-43-34-20-19-29(38)22-32(34)37(41)39-33(23-36(40)42-2)28-17-15-27(16-18-28)31-13-6-7-14-35(31)44-30-11-4-3-5-12-30/h3-22,33H,23-24H2,1-2H3,(H,39,41). The summed E-state index contributed by atoms with van der Waals surface area (Å²) >= 11 is 3.47. The molecule has 222 valence electrons. The zero-order chi connectivity index (χ0) is 30.9. The fourth-order valence-electron chi connectivity index (χ4n) is 4.81. The quantitative estimate of drug-likeness (QED) is 0.145. The van der Waals surface area contributed by atoms with E-state index in [4.69, 9.17) is 14.2 Å². The Balaban J connectivity index is 1.37. The van der Waals surface area contributed by atoms with Crippen LogP contribution in [0.15, 0.2) is 126 Å². The van der Waals surface area contributed by atoms with Crippen LogP contribution >= 0.6 is 15.9 Å². The smallest absolute Gasteiger partial charge is 0.307 e. The minimum atomic E-state index is -0.636. The van der Waals surface area contributed by atoms with E-state index in [0.29, 0.717) is 17.9 Å². The number of methoxy groups -OCH3 is 1. The number of carbonyl (C=O) groups is 2. The van der Waals surface area contributed by atoms with Gasteiger partial charge in [0.1, 0.15) is 23.9 Å². The van der Waals surface area contributed by atoms with E-state index >= 15 is 0 Å². The van der Waals surface area contributed by atoms with Crippen LogP contribution in [0.5, 0.6) is 17.2 Å². The average Bonchev–Trinajstić information content (AvgIpc) is 3.04. The Morgan fingerprint density at radius 2 is 1.55 bits per heavy atom. The largest absolute Gasteiger partial charge is 0.488 e. The number of esters is 1. The number of hydrogen-bond donors (Lipinski definition) is 1. The van der Waals surface area contributed by atoms with Gasteiger partial charge in [0.05, 0.1) is 25.1 Å². The monoisotopic (exact) mass is 649 g/mol. The van der Waals surface area contributed by atoms with Gasteiger partial charge < -0.3 is 19.5 Å². The second kappa shape index (κ2) is 14.5. The van der Waals surface area contributed by atoms with Crippen LogP contribution in [0.2, 0.25) is 0 Å². The van der Waals surface area contributed by atoms with E-state index in [-0.39, 0.29) is 12.3 Å². The molecule has 5 aromatic rings. The predicted molar refractivity (Wildman–Crippen MR) is 175 cm³/mol. The molecular weight excluding hydrogens is 618 g/mol. The lowest BCUT2D eigenvalue weighted by Gasteiger charge is -2.20. The number of para-hydroxylation sites is 2. The third-order valence-electron chi connectivity index (χ3n) is 7.05. The summed E-state index contributed by atoms with van der Waals surface area (Å²) in [5, 5.41) is 3.03. The lowest BCUT2D eigenvalue weighted by molar-refractivity contribution is -0.141. The van der Waals surface area contributed by atoms with Crippen LogP contribution in [0.25, 0.3) is 11.1 Å². The Morgan fingerprint density at radius 3 is 2.30 bits per heavy atom. The van der Waals surface area contributed by atoms with Crippen molar-refractivity contribution >= 4 is 27.8 Å². The summed E-state index contributed by atoms with van der Waals surface area (Å²) in [6, 6.07) is 37.8. The third kappa shape index (κ3) is 7.94. The van der Waals surface area contributed by atoms with Gasteiger partial charge in [0.25, 0.3) is 5.91 Å². The molecule has 0 radical (unpaired) electrons. The highest BCUT2D eigenvalue weighted by atomic mass is 79.9. The third-order valence-corrected chi connectivity index (χ3v) is 7.54. The van der Waals surface area contributed by atoms with Crippen molar-refractivity contribution in [2.24, 2.45) is 0 Å². The van der Waals surface area contributed by atoms with E-state index in [0.717, 1.165) is 43.8 Å². The molecule has 5 aromatic carbocycles. The SMILES string of the molecule is COC(=O)CC(NC(=O)c1cc(Br)ccc1OCc1cccc(C)c1)c1ccc(-c2ccccc2Oc2ccccc2)cc1. The highest BCUT2D eigenvalue weighted by Gasteiger charge is 2.22. The molecular formula is C37H32BrNO5. The van der Waals surface area contributed by atoms with Crippen LogP contribution in [0.4, 0.5) is 0 Å². The van der Waals surface area contributed by atoms with Crippen molar-refractivity contribution in [1.29, 1.82) is 0 Å². The molecule has 0 saturated carbocycles. The Labute approximate surface area is 265 Å². The molecule has 0 fully saturated rings. The van der Waals surface area contributed by atoms with Crippen molar-refractivity contribution in [3.05, 3.63) is 148 Å². The number of aryl methyl sites for hydroxylation is 1.